The fraction of sp³-hybridized carbons (Fsp3) is 0.565. The Bertz CT molecular complexity index is 908. The Morgan fingerprint density at radius 2 is 2.10 bits per heavy atom. The molecule has 2 aromatic rings. The molecule has 1 N–H and O–H groups in total. The molecule has 0 saturated carbocycles. The number of nitrogens with one attached hydrogen (secondary N) is 1. The zero-order valence-corrected chi connectivity index (χ0v) is 19.3. The molecule has 1 spiro atoms. The van der Waals surface area contributed by atoms with Crippen molar-refractivity contribution in [2.75, 3.05) is 33.9 Å². The number of methoxy groups -OCH3 is 2. The number of thiazole rings is 1. The van der Waals surface area contributed by atoms with Crippen molar-refractivity contribution >= 4 is 17.2 Å². The van der Waals surface area contributed by atoms with Crippen LogP contribution in [0.15, 0.2) is 23.6 Å². The average molecular weight is 446 g/mol. The minimum atomic E-state index is -0.115. The molecule has 1 aromatic heterocycles. The standard InChI is InChI=1S/C23H31N3O4S/c1-16-25-19(15-31-16)22(27)24-13-18-7-8-23(30-18)9-11-26(12-10-23)14-17-5-4-6-20(28-2)21(17)29-3/h4-6,15,18H,7-14H2,1-3H3,(H,24,27). The summed E-state index contributed by atoms with van der Waals surface area (Å²) < 4.78 is 17.5. The van der Waals surface area contributed by atoms with Crippen LogP contribution in [0.5, 0.6) is 11.5 Å². The van der Waals surface area contributed by atoms with Crippen LogP contribution in [0.1, 0.15) is 46.7 Å². The highest BCUT2D eigenvalue weighted by Gasteiger charge is 2.42. The maximum Gasteiger partial charge on any atom is 0.270 e. The summed E-state index contributed by atoms with van der Waals surface area (Å²) in [6.07, 6.45) is 4.14. The molecule has 1 aromatic carbocycles. The van der Waals surface area contributed by atoms with Crippen LogP contribution < -0.4 is 14.8 Å². The van der Waals surface area contributed by atoms with Crippen LogP contribution in [0.25, 0.3) is 0 Å². The first-order valence-electron chi connectivity index (χ1n) is 10.8. The lowest BCUT2D eigenvalue weighted by Crippen LogP contribution is -2.44. The molecule has 31 heavy (non-hydrogen) atoms. The Hall–Kier alpha value is -2.16. The van der Waals surface area contributed by atoms with E-state index in [0.717, 1.165) is 67.4 Å². The number of hydrogen-bond donors (Lipinski definition) is 1. The normalized spacial score (nSPS) is 20.7. The first-order valence-corrected chi connectivity index (χ1v) is 11.7. The molecule has 4 rings (SSSR count). The molecule has 0 aliphatic carbocycles. The summed E-state index contributed by atoms with van der Waals surface area (Å²) in [5.41, 5.74) is 1.58. The van der Waals surface area contributed by atoms with Gasteiger partial charge in [0, 0.05) is 37.1 Å². The molecule has 0 bridgehead atoms. The van der Waals surface area contributed by atoms with Crippen LogP contribution in [0.3, 0.4) is 0 Å². The third-order valence-corrected chi connectivity index (χ3v) is 7.10. The van der Waals surface area contributed by atoms with E-state index in [2.05, 4.69) is 21.3 Å². The lowest BCUT2D eigenvalue weighted by Gasteiger charge is -2.39. The molecule has 2 saturated heterocycles. The molecular weight excluding hydrogens is 414 g/mol. The maximum atomic E-state index is 12.2. The van der Waals surface area contributed by atoms with E-state index in [0.29, 0.717) is 12.2 Å². The van der Waals surface area contributed by atoms with Crippen molar-refractivity contribution in [1.82, 2.24) is 15.2 Å². The van der Waals surface area contributed by atoms with Crippen molar-refractivity contribution in [3.8, 4) is 11.5 Å². The number of benzene rings is 1. The van der Waals surface area contributed by atoms with Gasteiger partial charge in [-0.2, -0.15) is 0 Å². The number of piperidine rings is 1. The van der Waals surface area contributed by atoms with Crippen molar-refractivity contribution in [2.24, 2.45) is 0 Å². The average Bonchev–Trinajstić information content (AvgIpc) is 3.40. The third kappa shape index (κ3) is 5.02. The Balaban J connectivity index is 1.27. The number of carbonyl (C=O) groups excluding carboxylic acids is 1. The van der Waals surface area contributed by atoms with Gasteiger partial charge in [-0.15, -0.1) is 11.3 Å². The van der Waals surface area contributed by atoms with Gasteiger partial charge in [0.05, 0.1) is 30.9 Å². The van der Waals surface area contributed by atoms with Crippen molar-refractivity contribution in [3.63, 3.8) is 0 Å². The molecule has 2 fully saturated rings. The Labute approximate surface area is 187 Å². The molecule has 168 valence electrons. The number of nitrogens with zero attached hydrogens (tertiary/aromatic N) is 2. The SMILES string of the molecule is COc1cccc(CN2CCC3(CCC(CNC(=O)c4csc(C)n4)O3)CC2)c1OC. The van der Waals surface area contributed by atoms with Gasteiger partial charge in [0.25, 0.3) is 5.91 Å². The zero-order valence-electron chi connectivity index (χ0n) is 18.5. The summed E-state index contributed by atoms with van der Waals surface area (Å²) in [5.74, 6) is 1.47. The number of ether oxygens (including phenoxy) is 3. The number of likely N-dealkylation sites (tertiary alicyclic amines) is 1. The fourth-order valence-corrected chi connectivity index (χ4v) is 5.20. The van der Waals surface area contributed by atoms with Gasteiger partial charge in [0.15, 0.2) is 11.5 Å². The van der Waals surface area contributed by atoms with Crippen LogP contribution in [0.4, 0.5) is 0 Å². The van der Waals surface area contributed by atoms with E-state index in [-0.39, 0.29) is 17.6 Å². The molecule has 2 aliphatic rings. The highest BCUT2D eigenvalue weighted by Crippen LogP contribution is 2.40. The van der Waals surface area contributed by atoms with E-state index in [1.807, 2.05) is 19.1 Å². The summed E-state index contributed by atoms with van der Waals surface area (Å²) >= 11 is 1.49. The summed E-state index contributed by atoms with van der Waals surface area (Å²) in [5, 5.41) is 5.69. The van der Waals surface area contributed by atoms with Crippen molar-refractivity contribution in [1.29, 1.82) is 0 Å². The van der Waals surface area contributed by atoms with Gasteiger partial charge in [-0.25, -0.2) is 4.98 Å². The van der Waals surface area contributed by atoms with E-state index in [9.17, 15) is 4.79 Å². The zero-order chi connectivity index (χ0) is 21.8. The molecular formula is C23H31N3O4S. The molecule has 1 atom stereocenters. The highest BCUT2D eigenvalue weighted by molar-refractivity contribution is 7.09. The number of para-hydroxylation sites is 1. The van der Waals surface area contributed by atoms with Crippen LogP contribution in [-0.4, -0.2) is 61.3 Å². The van der Waals surface area contributed by atoms with Gasteiger partial charge in [-0.05, 0) is 38.7 Å². The highest BCUT2D eigenvalue weighted by atomic mass is 32.1. The van der Waals surface area contributed by atoms with E-state index in [1.165, 1.54) is 11.3 Å². The van der Waals surface area contributed by atoms with Crippen molar-refractivity contribution in [3.05, 3.63) is 39.8 Å². The number of amides is 1. The second kappa shape index (κ2) is 9.54. The second-order valence-corrected chi connectivity index (χ2v) is 9.41. The topological polar surface area (TPSA) is 72.9 Å². The van der Waals surface area contributed by atoms with Crippen molar-refractivity contribution in [2.45, 2.75) is 50.9 Å². The second-order valence-electron chi connectivity index (χ2n) is 8.35. The summed E-state index contributed by atoms with van der Waals surface area (Å²) in [7, 11) is 3.36. The van der Waals surface area contributed by atoms with Gasteiger partial charge in [-0.3, -0.25) is 9.69 Å². The van der Waals surface area contributed by atoms with Crippen LogP contribution in [0.2, 0.25) is 0 Å². The predicted molar refractivity (Wildman–Crippen MR) is 120 cm³/mol. The molecule has 8 heteroatoms. The number of aryl methyl sites for hydroxylation is 1. The molecule has 1 amide bonds. The van der Waals surface area contributed by atoms with Crippen LogP contribution >= 0.6 is 11.3 Å². The fourth-order valence-electron chi connectivity index (χ4n) is 4.61. The van der Waals surface area contributed by atoms with E-state index in [1.54, 1.807) is 19.6 Å². The Morgan fingerprint density at radius 1 is 1.29 bits per heavy atom. The van der Waals surface area contributed by atoms with Crippen LogP contribution in [0, 0.1) is 6.92 Å². The third-order valence-electron chi connectivity index (χ3n) is 6.33. The smallest absolute Gasteiger partial charge is 0.270 e. The van der Waals surface area contributed by atoms with Gasteiger partial charge < -0.3 is 19.5 Å². The Kier molecular flexibility index (Phi) is 6.79. The molecule has 0 radical (unpaired) electrons. The lowest BCUT2D eigenvalue weighted by atomic mass is 9.88. The maximum absolute atomic E-state index is 12.2. The number of hydrogen-bond acceptors (Lipinski definition) is 7. The molecule has 7 nitrogen and oxygen atoms in total. The van der Waals surface area contributed by atoms with E-state index in [4.69, 9.17) is 14.2 Å². The first-order chi connectivity index (χ1) is 15.0. The minimum absolute atomic E-state index is 0.0540. The quantitative estimate of drug-likeness (QED) is 0.704. The summed E-state index contributed by atoms with van der Waals surface area (Å²) in [6, 6.07) is 6.03. The van der Waals surface area contributed by atoms with Gasteiger partial charge >= 0.3 is 0 Å². The van der Waals surface area contributed by atoms with Gasteiger partial charge in [0.1, 0.15) is 5.69 Å². The summed E-state index contributed by atoms with van der Waals surface area (Å²) in [4.78, 5) is 18.9. The van der Waals surface area contributed by atoms with Gasteiger partial charge in [-0.1, -0.05) is 12.1 Å². The largest absolute Gasteiger partial charge is 0.493 e. The van der Waals surface area contributed by atoms with E-state index >= 15 is 0 Å². The number of rotatable bonds is 7. The van der Waals surface area contributed by atoms with Crippen molar-refractivity contribution < 1.29 is 19.0 Å². The Morgan fingerprint density at radius 3 is 2.77 bits per heavy atom. The molecule has 3 heterocycles. The predicted octanol–water partition coefficient (Wildman–Crippen LogP) is 3.41. The molecule has 2 aliphatic heterocycles. The monoisotopic (exact) mass is 445 g/mol. The van der Waals surface area contributed by atoms with Crippen LogP contribution in [-0.2, 0) is 11.3 Å². The van der Waals surface area contributed by atoms with Gasteiger partial charge in [0.2, 0.25) is 0 Å². The summed E-state index contributed by atoms with van der Waals surface area (Å²) in [6.45, 7) is 5.25. The first kappa shape index (κ1) is 22.0. The molecule has 1 unspecified atom stereocenters. The lowest BCUT2D eigenvalue weighted by molar-refractivity contribution is -0.0765. The number of aromatic nitrogens is 1. The van der Waals surface area contributed by atoms with E-state index < -0.39 is 0 Å². The minimum Gasteiger partial charge on any atom is -0.493 e. The number of carbonyl (C=O) groups is 1.